The van der Waals surface area contributed by atoms with E-state index in [0.29, 0.717) is 17.1 Å². The molecule has 0 atom stereocenters. The van der Waals surface area contributed by atoms with Crippen LogP contribution in [0.15, 0.2) is 23.2 Å². The Hall–Kier alpha value is -1.52. The average molecular weight is 216 g/mol. The van der Waals surface area contributed by atoms with E-state index in [-0.39, 0.29) is 0 Å². The number of benzene rings is 1. The first kappa shape index (κ1) is 11.6. The minimum atomic E-state index is -4.31. The van der Waals surface area contributed by atoms with Gasteiger partial charge < -0.3 is 5.73 Å². The molecule has 0 fully saturated rings. The summed E-state index contributed by atoms with van der Waals surface area (Å²) in [4.78, 5) is 3.91. The number of halogens is 3. The van der Waals surface area contributed by atoms with Crippen LogP contribution < -0.4 is 5.73 Å². The fourth-order valence-corrected chi connectivity index (χ4v) is 1.15. The molecule has 1 aromatic carbocycles. The van der Waals surface area contributed by atoms with Crippen LogP contribution >= 0.6 is 0 Å². The first-order valence-corrected chi connectivity index (χ1v) is 4.29. The SMILES string of the molecule is CC(N)=Nc1ccc(C(F)(F)F)cc1C. The monoisotopic (exact) mass is 216 g/mol. The zero-order valence-corrected chi connectivity index (χ0v) is 8.39. The number of aliphatic imine (C=N–C) groups is 1. The molecule has 0 unspecified atom stereocenters. The maximum absolute atomic E-state index is 12.3. The molecule has 0 aliphatic carbocycles. The lowest BCUT2D eigenvalue weighted by Gasteiger charge is -2.08. The second-order valence-corrected chi connectivity index (χ2v) is 3.25. The molecule has 0 saturated carbocycles. The number of alkyl halides is 3. The Morgan fingerprint density at radius 3 is 2.33 bits per heavy atom. The first-order valence-electron chi connectivity index (χ1n) is 4.29. The predicted octanol–water partition coefficient (Wildman–Crippen LogP) is 3.02. The molecule has 5 heteroatoms. The predicted molar refractivity (Wildman–Crippen MR) is 53.1 cm³/mol. The molecule has 0 aliphatic heterocycles. The molecule has 2 N–H and O–H groups in total. The topological polar surface area (TPSA) is 38.4 Å². The summed E-state index contributed by atoms with van der Waals surface area (Å²) >= 11 is 0. The van der Waals surface area contributed by atoms with E-state index in [4.69, 9.17) is 5.73 Å². The van der Waals surface area contributed by atoms with Gasteiger partial charge >= 0.3 is 6.18 Å². The van der Waals surface area contributed by atoms with Crippen molar-refractivity contribution in [3.8, 4) is 0 Å². The second-order valence-electron chi connectivity index (χ2n) is 3.25. The van der Waals surface area contributed by atoms with Gasteiger partial charge in [0.05, 0.1) is 17.1 Å². The standard InChI is InChI=1S/C10H11F3N2/c1-6-5-8(10(11,12)13)3-4-9(6)15-7(2)14/h3-5H,1-2H3,(H2,14,15). The van der Waals surface area contributed by atoms with Crippen LogP contribution in [0.25, 0.3) is 0 Å². The minimum Gasteiger partial charge on any atom is -0.387 e. The van der Waals surface area contributed by atoms with Crippen LogP contribution in [-0.4, -0.2) is 5.84 Å². The zero-order valence-electron chi connectivity index (χ0n) is 8.39. The molecule has 0 radical (unpaired) electrons. The normalized spacial score (nSPS) is 13.0. The van der Waals surface area contributed by atoms with Crippen LogP contribution in [0.2, 0.25) is 0 Å². The van der Waals surface area contributed by atoms with Gasteiger partial charge in [-0.2, -0.15) is 13.2 Å². The van der Waals surface area contributed by atoms with Crippen molar-refractivity contribution >= 4 is 11.5 Å². The van der Waals surface area contributed by atoms with E-state index >= 15 is 0 Å². The molecule has 0 aliphatic rings. The van der Waals surface area contributed by atoms with Crippen LogP contribution in [0.3, 0.4) is 0 Å². The van der Waals surface area contributed by atoms with Crippen molar-refractivity contribution in [2.75, 3.05) is 0 Å². The fraction of sp³-hybridized carbons (Fsp3) is 0.300. The third kappa shape index (κ3) is 2.97. The van der Waals surface area contributed by atoms with Crippen molar-refractivity contribution < 1.29 is 13.2 Å². The molecule has 1 aromatic rings. The van der Waals surface area contributed by atoms with Crippen molar-refractivity contribution in [3.05, 3.63) is 29.3 Å². The Morgan fingerprint density at radius 1 is 1.33 bits per heavy atom. The molecule has 15 heavy (non-hydrogen) atoms. The summed E-state index contributed by atoms with van der Waals surface area (Å²) in [6.07, 6.45) is -4.31. The number of aryl methyl sites for hydroxylation is 1. The number of nitrogens with zero attached hydrogens (tertiary/aromatic N) is 1. The highest BCUT2D eigenvalue weighted by Crippen LogP contribution is 2.32. The fourth-order valence-electron chi connectivity index (χ4n) is 1.15. The van der Waals surface area contributed by atoms with Crippen molar-refractivity contribution in [1.82, 2.24) is 0 Å². The molecular weight excluding hydrogens is 205 g/mol. The Balaban J connectivity index is 3.15. The minimum absolute atomic E-state index is 0.317. The lowest BCUT2D eigenvalue weighted by molar-refractivity contribution is -0.137. The quantitative estimate of drug-likeness (QED) is 0.568. The van der Waals surface area contributed by atoms with Gasteiger partial charge in [0.1, 0.15) is 0 Å². The van der Waals surface area contributed by atoms with E-state index in [1.165, 1.54) is 6.07 Å². The summed E-state index contributed by atoms with van der Waals surface area (Å²) < 4.78 is 36.9. The second kappa shape index (κ2) is 3.92. The summed E-state index contributed by atoms with van der Waals surface area (Å²) in [5.41, 5.74) is 5.59. The molecule has 0 bridgehead atoms. The molecular formula is C10H11F3N2. The van der Waals surface area contributed by atoms with Gasteiger partial charge in [-0.3, -0.25) is 0 Å². The third-order valence-electron chi connectivity index (χ3n) is 1.82. The van der Waals surface area contributed by atoms with Gasteiger partial charge in [-0.25, -0.2) is 4.99 Å². The van der Waals surface area contributed by atoms with Gasteiger partial charge in [0.2, 0.25) is 0 Å². The molecule has 0 heterocycles. The van der Waals surface area contributed by atoms with Crippen molar-refractivity contribution in [3.63, 3.8) is 0 Å². The number of hydrogen-bond donors (Lipinski definition) is 1. The van der Waals surface area contributed by atoms with E-state index in [2.05, 4.69) is 4.99 Å². The maximum atomic E-state index is 12.3. The summed E-state index contributed by atoms with van der Waals surface area (Å²) in [6, 6.07) is 3.37. The lowest BCUT2D eigenvalue weighted by Crippen LogP contribution is -2.06. The largest absolute Gasteiger partial charge is 0.416 e. The Kier molecular flexibility index (Phi) is 3.02. The smallest absolute Gasteiger partial charge is 0.387 e. The van der Waals surface area contributed by atoms with Crippen molar-refractivity contribution in [2.45, 2.75) is 20.0 Å². The van der Waals surface area contributed by atoms with Crippen LogP contribution in [0.5, 0.6) is 0 Å². The Labute approximate surface area is 85.6 Å². The lowest BCUT2D eigenvalue weighted by atomic mass is 10.1. The number of hydrogen-bond acceptors (Lipinski definition) is 1. The molecule has 2 nitrogen and oxygen atoms in total. The number of rotatable bonds is 1. The molecule has 0 saturated heterocycles. The van der Waals surface area contributed by atoms with Gasteiger partial charge in [-0.15, -0.1) is 0 Å². The average Bonchev–Trinajstić information content (AvgIpc) is 2.05. The number of nitrogens with two attached hydrogens (primary N) is 1. The molecule has 0 aromatic heterocycles. The van der Waals surface area contributed by atoms with E-state index in [9.17, 15) is 13.2 Å². The molecule has 0 spiro atoms. The van der Waals surface area contributed by atoms with E-state index < -0.39 is 11.7 Å². The van der Waals surface area contributed by atoms with Crippen LogP contribution in [0.1, 0.15) is 18.1 Å². The highest BCUT2D eigenvalue weighted by Gasteiger charge is 2.30. The highest BCUT2D eigenvalue weighted by molar-refractivity contribution is 5.81. The Morgan fingerprint density at radius 2 is 1.93 bits per heavy atom. The highest BCUT2D eigenvalue weighted by atomic mass is 19.4. The van der Waals surface area contributed by atoms with Crippen molar-refractivity contribution in [1.29, 1.82) is 0 Å². The van der Waals surface area contributed by atoms with Crippen LogP contribution in [0, 0.1) is 6.92 Å². The molecule has 0 amide bonds. The van der Waals surface area contributed by atoms with Gasteiger partial charge in [0.15, 0.2) is 0 Å². The zero-order chi connectivity index (χ0) is 11.6. The van der Waals surface area contributed by atoms with Gasteiger partial charge in [-0.05, 0) is 37.6 Å². The van der Waals surface area contributed by atoms with Gasteiger partial charge in [-0.1, -0.05) is 0 Å². The maximum Gasteiger partial charge on any atom is 0.416 e. The van der Waals surface area contributed by atoms with Crippen LogP contribution in [-0.2, 0) is 6.18 Å². The molecule has 82 valence electrons. The first-order chi connectivity index (χ1) is 6.80. The Bertz CT molecular complexity index is 390. The summed E-state index contributed by atoms with van der Waals surface area (Å²) in [5.74, 6) is 0.317. The third-order valence-corrected chi connectivity index (χ3v) is 1.82. The summed E-state index contributed by atoms with van der Waals surface area (Å²) in [5, 5.41) is 0. The summed E-state index contributed by atoms with van der Waals surface area (Å²) in [7, 11) is 0. The van der Waals surface area contributed by atoms with Crippen molar-refractivity contribution in [2.24, 2.45) is 10.7 Å². The number of amidine groups is 1. The van der Waals surface area contributed by atoms with E-state index in [1.807, 2.05) is 0 Å². The van der Waals surface area contributed by atoms with E-state index in [0.717, 1.165) is 12.1 Å². The molecule has 1 rings (SSSR count). The van der Waals surface area contributed by atoms with E-state index in [1.54, 1.807) is 13.8 Å². The summed E-state index contributed by atoms with van der Waals surface area (Å²) in [6.45, 7) is 3.15. The van der Waals surface area contributed by atoms with Crippen LogP contribution in [0.4, 0.5) is 18.9 Å². The van der Waals surface area contributed by atoms with Gasteiger partial charge in [0, 0.05) is 0 Å². The van der Waals surface area contributed by atoms with Gasteiger partial charge in [0.25, 0.3) is 0 Å².